The monoisotopic (exact) mass is 307 g/mol. The van der Waals surface area contributed by atoms with Crippen LogP contribution in [0.1, 0.15) is 35.3 Å². The zero-order chi connectivity index (χ0) is 16.4. The van der Waals surface area contributed by atoms with Gasteiger partial charge in [-0.15, -0.1) is 0 Å². The van der Waals surface area contributed by atoms with Crippen molar-refractivity contribution in [1.29, 1.82) is 0 Å². The second-order valence-electron chi connectivity index (χ2n) is 5.52. The van der Waals surface area contributed by atoms with Gasteiger partial charge in [0.25, 0.3) is 5.91 Å². The van der Waals surface area contributed by atoms with Gasteiger partial charge in [0.1, 0.15) is 0 Å². The van der Waals surface area contributed by atoms with Gasteiger partial charge in [0.05, 0.1) is 11.1 Å². The Balaban J connectivity index is 2.15. The summed E-state index contributed by atoms with van der Waals surface area (Å²) in [5, 5.41) is 2.83. The van der Waals surface area contributed by atoms with Crippen LogP contribution < -0.4 is 5.32 Å². The van der Waals surface area contributed by atoms with Crippen LogP contribution in [0.15, 0.2) is 54.6 Å². The van der Waals surface area contributed by atoms with E-state index >= 15 is 0 Å². The van der Waals surface area contributed by atoms with Crippen molar-refractivity contribution in [3.05, 3.63) is 71.3 Å². The first-order chi connectivity index (χ1) is 10.2. The molecule has 0 saturated heterocycles. The highest BCUT2D eigenvalue weighted by atomic mass is 19.4. The molecular formula is C17H16F3NO. The molecule has 0 unspecified atom stereocenters. The number of halogens is 3. The maximum absolute atomic E-state index is 12.5. The van der Waals surface area contributed by atoms with Crippen molar-refractivity contribution in [3.63, 3.8) is 0 Å². The van der Waals surface area contributed by atoms with E-state index in [1.54, 1.807) is 0 Å². The Bertz CT molecular complexity index is 646. The van der Waals surface area contributed by atoms with Gasteiger partial charge < -0.3 is 5.32 Å². The quantitative estimate of drug-likeness (QED) is 0.896. The molecule has 1 N–H and O–H groups in total. The summed E-state index contributed by atoms with van der Waals surface area (Å²) < 4.78 is 37.5. The van der Waals surface area contributed by atoms with Crippen LogP contribution in [0.25, 0.3) is 0 Å². The summed E-state index contributed by atoms with van der Waals surface area (Å²) in [5.41, 5.74) is -0.292. The molecule has 2 rings (SSSR count). The predicted octanol–water partition coefficient (Wildman–Crippen LogP) is 4.37. The highest BCUT2D eigenvalue weighted by Crippen LogP contribution is 2.29. The second kappa shape index (κ2) is 5.83. The fourth-order valence-electron chi connectivity index (χ4n) is 2.09. The number of hydrogen-bond donors (Lipinski definition) is 1. The van der Waals surface area contributed by atoms with Crippen molar-refractivity contribution in [3.8, 4) is 0 Å². The van der Waals surface area contributed by atoms with Gasteiger partial charge in [-0.1, -0.05) is 30.3 Å². The SMILES string of the molecule is CC(C)(NC(=O)c1ccc(C(F)(F)F)cc1)c1ccccc1. The molecule has 116 valence electrons. The second-order valence-corrected chi connectivity index (χ2v) is 5.52. The average Bonchev–Trinajstić information content (AvgIpc) is 2.47. The summed E-state index contributed by atoms with van der Waals surface area (Å²) in [7, 11) is 0. The molecule has 0 heterocycles. The van der Waals surface area contributed by atoms with Crippen molar-refractivity contribution < 1.29 is 18.0 Å². The van der Waals surface area contributed by atoms with Crippen LogP contribution >= 0.6 is 0 Å². The minimum Gasteiger partial charge on any atom is -0.343 e. The molecule has 5 heteroatoms. The smallest absolute Gasteiger partial charge is 0.343 e. The molecule has 0 radical (unpaired) electrons. The van der Waals surface area contributed by atoms with E-state index in [1.165, 1.54) is 12.1 Å². The summed E-state index contributed by atoms with van der Waals surface area (Å²) in [6.07, 6.45) is -4.40. The number of alkyl halides is 3. The van der Waals surface area contributed by atoms with Crippen molar-refractivity contribution in [2.45, 2.75) is 25.6 Å². The number of carbonyl (C=O) groups is 1. The van der Waals surface area contributed by atoms with Crippen LogP contribution in [-0.4, -0.2) is 5.91 Å². The number of amides is 1. The van der Waals surface area contributed by atoms with Crippen molar-refractivity contribution >= 4 is 5.91 Å². The molecule has 22 heavy (non-hydrogen) atoms. The summed E-state index contributed by atoms with van der Waals surface area (Å²) in [4.78, 5) is 12.2. The first-order valence-electron chi connectivity index (χ1n) is 6.75. The van der Waals surface area contributed by atoms with E-state index in [0.717, 1.165) is 17.7 Å². The lowest BCUT2D eigenvalue weighted by molar-refractivity contribution is -0.137. The minimum absolute atomic E-state index is 0.192. The third kappa shape index (κ3) is 3.67. The minimum atomic E-state index is -4.40. The molecule has 0 fully saturated rings. The van der Waals surface area contributed by atoms with E-state index in [1.807, 2.05) is 44.2 Å². The molecule has 0 bridgehead atoms. The van der Waals surface area contributed by atoms with Crippen LogP contribution in [0.5, 0.6) is 0 Å². The maximum Gasteiger partial charge on any atom is 0.416 e. The molecular weight excluding hydrogens is 291 g/mol. The first-order valence-corrected chi connectivity index (χ1v) is 6.75. The Kier molecular flexibility index (Phi) is 4.26. The molecule has 0 aliphatic rings. The van der Waals surface area contributed by atoms with Crippen LogP contribution in [0.2, 0.25) is 0 Å². The normalized spacial score (nSPS) is 12.0. The lowest BCUT2D eigenvalue weighted by atomic mass is 9.94. The Labute approximate surface area is 127 Å². The average molecular weight is 307 g/mol. The van der Waals surface area contributed by atoms with Crippen LogP contribution in [0.4, 0.5) is 13.2 Å². The highest BCUT2D eigenvalue weighted by Gasteiger charge is 2.30. The van der Waals surface area contributed by atoms with E-state index < -0.39 is 23.2 Å². The lowest BCUT2D eigenvalue weighted by Crippen LogP contribution is -2.40. The lowest BCUT2D eigenvalue weighted by Gasteiger charge is -2.27. The number of nitrogens with one attached hydrogen (secondary N) is 1. The fourth-order valence-corrected chi connectivity index (χ4v) is 2.09. The molecule has 1 amide bonds. The molecule has 0 aliphatic carbocycles. The zero-order valence-electron chi connectivity index (χ0n) is 12.2. The Morgan fingerprint density at radius 1 is 0.864 bits per heavy atom. The molecule has 0 saturated carbocycles. The van der Waals surface area contributed by atoms with Crippen molar-refractivity contribution in [2.75, 3.05) is 0 Å². The molecule has 0 atom stereocenters. The molecule has 2 aromatic rings. The largest absolute Gasteiger partial charge is 0.416 e. The third-order valence-electron chi connectivity index (χ3n) is 3.40. The van der Waals surface area contributed by atoms with E-state index in [0.29, 0.717) is 0 Å². The van der Waals surface area contributed by atoms with Gasteiger partial charge in [-0.05, 0) is 43.7 Å². The topological polar surface area (TPSA) is 29.1 Å². The molecule has 2 aromatic carbocycles. The van der Waals surface area contributed by atoms with E-state index in [9.17, 15) is 18.0 Å². The molecule has 2 nitrogen and oxygen atoms in total. The highest BCUT2D eigenvalue weighted by molar-refractivity contribution is 5.94. The standard InChI is InChI=1S/C17H16F3NO/c1-16(2,13-6-4-3-5-7-13)21-15(22)12-8-10-14(11-9-12)17(18,19)20/h3-11H,1-2H3,(H,21,22). The summed E-state index contributed by atoms with van der Waals surface area (Å²) in [6, 6.07) is 13.5. The first kappa shape index (κ1) is 16.1. The van der Waals surface area contributed by atoms with Gasteiger partial charge in [0.2, 0.25) is 0 Å². The van der Waals surface area contributed by atoms with Crippen LogP contribution in [0, 0.1) is 0 Å². The summed E-state index contributed by atoms with van der Waals surface area (Å²) in [6.45, 7) is 3.68. The number of rotatable bonds is 3. The third-order valence-corrected chi connectivity index (χ3v) is 3.40. The predicted molar refractivity (Wildman–Crippen MR) is 78.4 cm³/mol. The number of carbonyl (C=O) groups excluding carboxylic acids is 1. The molecule has 0 aliphatic heterocycles. The van der Waals surface area contributed by atoms with Crippen molar-refractivity contribution in [1.82, 2.24) is 5.32 Å². The van der Waals surface area contributed by atoms with E-state index in [-0.39, 0.29) is 5.56 Å². The van der Waals surface area contributed by atoms with Gasteiger partial charge in [0.15, 0.2) is 0 Å². The van der Waals surface area contributed by atoms with Gasteiger partial charge in [-0.25, -0.2) is 0 Å². The van der Waals surface area contributed by atoms with Gasteiger partial charge in [-0.2, -0.15) is 13.2 Å². The van der Waals surface area contributed by atoms with Crippen molar-refractivity contribution in [2.24, 2.45) is 0 Å². The Hall–Kier alpha value is -2.30. The fraction of sp³-hybridized carbons (Fsp3) is 0.235. The Morgan fingerprint density at radius 2 is 1.41 bits per heavy atom. The van der Waals surface area contributed by atoms with E-state index in [4.69, 9.17) is 0 Å². The maximum atomic E-state index is 12.5. The van der Waals surface area contributed by atoms with Gasteiger partial charge in [-0.3, -0.25) is 4.79 Å². The number of benzene rings is 2. The van der Waals surface area contributed by atoms with Crippen LogP contribution in [0.3, 0.4) is 0 Å². The van der Waals surface area contributed by atoms with Gasteiger partial charge in [0, 0.05) is 5.56 Å². The Morgan fingerprint density at radius 3 is 1.91 bits per heavy atom. The molecule has 0 aromatic heterocycles. The summed E-state index contributed by atoms with van der Waals surface area (Å²) in [5.74, 6) is -0.414. The zero-order valence-corrected chi connectivity index (χ0v) is 12.2. The molecule has 0 spiro atoms. The van der Waals surface area contributed by atoms with E-state index in [2.05, 4.69) is 5.32 Å². The summed E-state index contributed by atoms with van der Waals surface area (Å²) >= 11 is 0. The van der Waals surface area contributed by atoms with Gasteiger partial charge >= 0.3 is 6.18 Å². The van der Waals surface area contributed by atoms with Crippen LogP contribution in [-0.2, 0) is 11.7 Å². The number of hydrogen-bond acceptors (Lipinski definition) is 1.